The van der Waals surface area contributed by atoms with Crippen molar-refractivity contribution >= 4 is 17.7 Å². The molecule has 0 aliphatic carbocycles. The van der Waals surface area contributed by atoms with E-state index in [1.807, 2.05) is 36.1 Å². The maximum Gasteiger partial charge on any atom is 0.253 e. The summed E-state index contributed by atoms with van der Waals surface area (Å²) in [5, 5.41) is 5.75. The number of aryl methyl sites for hydroxylation is 1. The maximum atomic E-state index is 12.6. The van der Waals surface area contributed by atoms with Gasteiger partial charge in [-0.2, -0.15) is 0 Å². The number of carbonyl (C=O) groups excluding carboxylic acids is 3. The molecule has 0 aromatic heterocycles. The SMILES string of the molecule is Cc1ccc(C(=O)N2CCC(C(=O)NC3CCCCNC3=O)CC2)cc1. The zero-order chi connectivity index (χ0) is 18.5. The fourth-order valence-electron chi connectivity index (χ4n) is 3.59. The van der Waals surface area contributed by atoms with Gasteiger partial charge in [0.25, 0.3) is 5.91 Å². The Labute approximate surface area is 154 Å². The lowest BCUT2D eigenvalue weighted by Gasteiger charge is -2.32. The summed E-state index contributed by atoms with van der Waals surface area (Å²) in [7, 11) is 0. The highest BCUT2D eigenvalue weighted by Crippen LogP contribution is 2.20. The Kier molecular flexibility index (Phi) is 5.91. The van der Waals surface area contributed by atoms with Crippen LogP contribution in [-0.2, 0) is 9.59 Å². The van der Waals surface area contributed by atoms with Gasteiger partial charge in [-0.3, -0.25) is 14.4 Å². The van der Waals surface area contributed by atoms with Gasteiger partial charge in [0.05, 0.1) is 0 Å². The minimum atomic E-state index is -0.419. The predicted molar refractivity (Wildman–Crippen MR) is 98.6 cm³/mol. The van der Waals surface area contributed by atoms with E-state index in [2.05, 4.69) is 10.6 Å². The molecule has 2 aliphatic heterocycles. The molecule has 1 unspecified atom stereocenters. The molecule has 0 saturated carbocycles. The Bertz CT molecular complexity index is 663. The topological polar surface area (TPSA) is 78.5 Å². The normalized spacial score (nSPS) is 21.7. The van der Waals surface area contributed by atoms with Crippen molar-refractivity contribution in [1.29, 1.82) is 0 Å². The fraction of sp³-hybridized carbons (Fsp3) is 0.550. The molecule has 2 fully saturated rings. The van der Waals surface area contributed by atoms with Crippen molar-refractivity contribution in [2.24, 2.45) is 5.92 Å². The van der Waals surface area contributed by atoms with Crippen LogP contribution in [0.5, 0.6) is 0 Å². The monoisotopic (exact) mass is 357 g/mol. The van der Waals surface area contributed by atoms with Crippen LogP contribution in [-0.4, -0.2) is 48.3 Å². The van der Waals surface area contributed by atoms with Crippen molar-refractivity contribution in [2.45, 2.75) is 45.1 Å². The van der Waals surface area contributed by atoms with Gasteiger partial charge in [-0.05, 0) is 51.2 Å². The van der Waals surface area contributed by atoms with Crippen molar-refractivity contribution in [2.75, 3.05) is 19.6 Å². The van der Waals surface area contributed by atoms with Gasteiger partial charge in [-0.25, -0.2) is 0 Å². The van der Waals surface area contributed by atoms with Crippen LogP contribution in [0, 0.1) is 12.8 Å². The average molecular weight is 357 g/mol. The highest BCUT2D eigenvalue weighted by Gasteiger charge is 2.30. The number of rotatable bonds is 3. The Hall–Kier alpha value is -2.37. The maximum absolute atomic E-state index is 12.6. The smallest absolute Gasteiger partial charge is 0.253 e. The Morgan fingerprint density at radius 3 is 2.46 bits per heavy atom. The summed E-state index contributed by atoms with van der Waals surface area (Å²) in [5.74, 6) is -0.252. The van der Waals surface area contributed by atoms with Gasteiger partial charge < -0.3 is 15.5 Å². The lowest BCUT2D eigenvalue weighted by Crippen LogP contribution is -2.49. The highest BCUT2D eigenvalue weighted by atomic mass is 16.2. The molecule has 140 valence electrons. The third-order valence-electron chi connectivity index (χ3n) is 5.30. The molecule has 1 aromatic carbocycles. The van der Waals surface area contributed by atoms with Crippen LogP contribution in [0.2, 0.25) is 0 Å². The van der Waals surface area contributed by atoms with Crippen molar-refractivity contribution in [1.82, 2.24) is 15.5 Å². The van der Waals surface area contributed by atoms with Crippen LogP contribution in [0.3, 0.4) is 0 Å². The highest BCUT2D eigenvalue weighted by molar-refractivity contribution is 5.94. The number of likely N-dealkylation sites (tertiary alicyclic amines) is 1. The largest absolute Gasteiger partial charge is 0.354 e. The van der Waals surface area contributed by atoms with Gasteiger partial charge >= 0.3 is 0 Å². The van der Waals surface area contributed by atoms with Crippen LogP contribution in [0.25, 0.3) is 0 Å². The van der Waals surface area contributed by atoms with Crippen LogP contribution < -0.4 is 10.6 Å². The molecule has 0 bridgehead atoms. The molecule has 3 rings (SSSR count). The lowest BCUT2D eigenvalue weighted by atomic mass is 9.94. The van der Waals surface area contributed by atoms with E-state index in [4.69, 9.17) is 0 Å². The van der Waals surface area contributed by atoms with Gasteiger partial charge in [0.1, 0.15) is 6.04 Å². The Balaban J connectivity index is 1.51. The standard InChI is InChI=1S/C20H27N3O3/c1-14-5-7-16(8-6-14)20(26)23-12-9-15(10-13-23)18(24)22-17-4-2-3-11-21-19(17)25/h5-8,15,17H,2-4,9-13H2,1H3,(H,21,25)(H,22,24). The molecule has 1 atom stereocenters. The van der Waals surface area contributed by atoms with E-state index >= 15 is 0 Å². The van der Waals surface area contributed by atoms with Crippen molar-refractivity contribution in [3.8, 4) is 0 Å². The van der Waals surface area contributed by atoms with Gasteiger partial charge in [0.15, 0.2) is 0 Å². The van der Waals surface area contributed by atoms with E-state index < -0.39 is 6.04 Å². The first-order chi connectivity index (χ1) is 12.5. The quantitative estimate of drug-likeness (QED) is 0.863. The van der Waals surface area contributed by atoms with Gasteiger partial charge in [-0.15, -0.1) is 0 Å². The van der Waals surface area contributed by atoms with E-state index in [0.29, 0.717) is 44.5 Å². The molecule has 2 heterocycles. The first-order valence-corrected chi connectivity index (χ1v) is 9.48. The second-order valence-corrected chi connectivity index (χ2v) is 7.28. The molecule has 3 amide bonds. The first kappa shape index (κ1) is 18.4. The summed E-state index contributed by atoms with van der Waals surface area (Å²) < 4.78 is 0. The van der Waals surface area contributed by atoms with Gasteiger partial charge in [-0.1, -0.05) is 17.7 Å². The molecular formula is C20H27N3O3. The number of nitrogens with zero attached hydrogens (tertiary/aromatic N) is 1. The van der Waals surface area contributed by atoms with E-state index in [0.717, 1.165) is 18.4 Å². The minimum Gasteiger partial charge on any atom is -0.354 e. The first-order valence-electron chi connectivity index (χ1n) is 9.48. The number of carbonyl (C=O) groups is 3. The molecule has 6 nitrogen and oxygen atoms in total. The van der Waals surface area contributed by atoms with E-state index in [-0.39, 0.29) is 23.6 Å². The van der Waals surface area contributed by atoms with Gasteiger partial charge in [0.2, 0.25) is 11.8 Å². The molecule has 2 aliphatic rings. The molecule has 0 spiro atoms. The van der Waals surface area contributed by atoms with Crippen LogP contribution >= 0.6 is 0 Å². The number of hydrogen-bond acceptors (Lipinski definition) is 3. The predicted octanol–water partition coefficient (Wildman–Crippen LogP) is 1.63. The summed E-state index contributed by atoms with van der Waals surface area (Å²) >= 11 is 0. The van der Waals surface area contributed by atoms with Gasteiger partial charge in [0, 0.05) is 31.1 Å². The minimum absolute atomic E-state index is 0.0204. The van der Waals surface area contributed by atoms with E-state index in [9.17, 15) is 14.4 Å². The number of amides is 3. The van der Waals surface area contributed by atoms with Crippen LogP contribution in [0.15, 0.2) is 24.3 Å². The molecule has 2 saturated heterocycles. The third kappa shape index (κ3) is 4.42. The van der Waals surface area contributed by atoms with E-state index in [1.165, 1.54) is 0 Å². The third-order valence-corrected chi connectivity index (χ3v) is 5.30. The molecule has 1 aromatic rings. The second kappa shape index (κ2) is 8.34. The lowest BCUT2D eigenvalue weighted by molar-refractivity contribution is -0.131. The zero-order valence-corrected chi connectivity index (χ0v) is 15.3. The summed E-state index contributed by atoms with van der Waals surface area (Å²) in [4.78, 5) is 38.9. The molecule has 6 heteroatoms. The van der Waals surface area contributed by atoms with Crippen LogP contribution in [0.1, 0.15) is 48.0 Å². The van der Waals surface area contributed by atoms with Crippen LogP contribution in [0.4, 0.5) is 0 Å². The van der Waals surface area contributed by atoms with E-state index in [1.54, 1.807) is 0 Å². The summed E-state index contributed by atoms with van der Waals surface area (Å²) in [5.41, 5.74) is 1.81. The molecule has 0 radical (unpaired) electrons. The average Bonchev–Trinajstić information content (AvgIpc) is 2.86. The number of hydrogen-bond donors (Lipinski definition) is 2. The fourth-order valence-corrected chi connectivity index (χ4v) is 3.59. The van der Waals surface area contributed by atoms with Crippen molar-refractivity contribution in [3.63, 3.8) is 0 Å². The number of benzene rings is 1. The molecular weight excluding hydrogens is 330 g/mol. The Morgan fingerprint density at radius 1 is 1.08 bits per heavy atom. The number of piperidine rings is 1. The summed E-state index contributed by atoms with van der Waals surface area (Å²) in [6.07, 6.45) is 3.86. The second-order valence-electron chi connectivity index (χ2n) is 7.28. The van der Waals surface area contributed by atoms with Crippen molar-refractivity contribution in [3.05, 3.63) is 35.4 Å². The zero-order valence-electron chi connectivity index (χ0n) is 15.3. The Morgan fingerprint density at radius 2 is 1.77 bits per heavy atom. The summed E-state index contributed by atoms with van der Waals surface area (Å²) in [6.45, 7) is 3.82. The van der Waals surface area contributed by atoms with Crippen molar-refractivity contribution < 1.29 is 14.4 Å². The summed E-state index contributed by atoms with van der Waals surface area (Å²) in [6, 6.07) is 7.15. The number of nitrogens with one attached hydrogen (secondary N) is 2. The molecule has 2 N–H and O–H groups in total. The molecule has 26 heavy (non-hydrogen) atoms.